The normalized spacial score (nSPS) is 11.3. The zero-order valence-electron chi connectivity index (χ0n) is 29.7. The van der Waals surface area contributed by atoms with Gasteiger partial charge in [0.05, 0.1) is 0 Å². The van der Waals surface area contributed by atoms with E-state index in [0.29, 0.717) is 28.9 Å². The van der Waals surface area contributed by atoms with Gasteiger partial charge in [0, 0.05) is 27.6 Å². The van der Waals surface area contributed by atoms with E-state index in [4.69, 9.17) is 24.4 Å². The molecular formula is C50H32N4O. The highest BCUT2D eigenvalue weighted by atomic mass is 16.3. The largest absolute Gasteiger partial charge is 0.435 e. The van der Waals surface area contributed by atoms with Crippen molar-refractivity contribution in [2.45, 2.75) is 0 Å². The minimum absolute atomic E-state index is 0.552. The fourth-order valence-corrected chi connectivity index (χ4v) is 7.25. The summed E-state index contributed by atoms with van der Waals surface area (Å²) in [5.41, 5.74) is 11.8. The molecule has 0 radical (unpaired) electrons. The average molecular weight is 705 g/mol. The first-order chi connectivity index (χ1) is 27.2. The van der Waals surface area contributed by atoms with Crippen LogP contribution in [0.3, 0.4) is 0 Å². The molecule has 0 aliphatic rings. The molecule has 0 amide bonds. The minimum Gasteiger partial charge on any atom is -0.435 e. The molecule has 5 heteroatoms. The summed E-state index contributed by atoms with van der Waals surface area (Å²) < 4.78 is 6.55. The van der Waals surface area contributed by atoms with Crippen LogP contribution in [0.15, 0.2) is 199 Å². The highest BCUT2D eigenvalue weighted by molar-refractivity contribution is 6.10. The van der Waals surface area contributed by atoms with Crippen LogP contribution in [0.4, 0.5) is 0 Å². The fourth-order valence-electron chi connectivity index (χ4n) is 7.25. The number of rotatable bonds is 7. The summed E-state index contributed by atoms with van der Waals surface area (Å²) in [7, 11) is 0. The highest BCUT2D eigenvalue weighted by Gasteiger charge is 2.20. The smallest absolute Gasteiger partial charge is 0.227 e. The molecule has 0 fully saturated rings. The van der Waals surface area contributed by atoms with Gasteiger partial charge in [-0.15, -0.1) is 0 Å². The zero-order chi connectivity index (χ0) is 36.6. The second-order valence-electron chi connectivity index (χ2n) is 13.4. The van der Waals surface area contributed by atoms with Crippen LogP contribution in [0.5, 0.6) is 0 Å². The first-order valence-corrected chi connectivity index (χ1v) is 18.3. The van der Waals surface area contributed by atoms with E-state index in [1.165, 1.54) is 0 Å². The number of hydrogen-bond donors (Lipinski definition) is 0. The quantitative estimate of drug-likeness (QED) is 0.165. The summed E-state index contributed by atoms with van der Waals surface area (Å²) in [5.74, 6) is 2.28. The fraction of sp³-hybridized carbons (Fsp3) is 0. The second kappa shape index (κ2) is 13.8. The predicted octanol–water partition coefficient (Wildman–Crippen LogP) is 12.8. The van der Waals surface area contributed by atoms with Crippen molar-refractivity contribution in [3.63, 3.8) is 0 Å². The van der Waals surface area contributed by atoms with E-state index in [1.807, 2.05) is 60.7 Å². The Morgan fingerprint density at radius 1 is 0.309 bits per heavy atom. The second-order valence-corrected chi connectivity index (χ2v) is 13.4. The van der Waals surface area contributed by atoms with Gasteiger partial charge in [-0.2, -0.15) is 0 Å². The molecule has 8 aromatic carbocycles. The Labute approximate surface area is 318 Å². The number of hydrogen-bond acceptors (Lipinski definition) is 5. The Balaban J connectivity index is 1.18. The van der Waals surface area contributed by atoms with E-state index in [1.54, 1.807) is 0 Å². The number of benzene rings is 8. The summed E-state index contributed by atoms with van der Waals surface area (Å²) in [4.78, 5) is 20.5. The van der Waals surface area contributed by atoms with Gasteiger partial charge in [0.2, 0.25) is 5.89 Å². The lowest BCUT2D eigenvalue weighted by Gasteiger charge is -2.14. The molecule has 10 rings (SSSR count). The van der Waals surface area contributed by atoms with Crippen molar-refractivity contribution in [2.75, 3.05) is 0 Å². The highest BCUT2D eigenvalue weighted by Crippen LogP contribution is 2.39. The maximum atomic E-state index is 6.55. The molecule has 0 N–H and O–H groups in total. The van der Waals surface area contributed by atoms with Gasteiger partial charge in [0.15, 0.2) is 23.1 Å². The molecule has 0 spiro atoms. The molecule has 0 aliphatic carbocycles. The molecule has 0 unspecified atom stereocenters. The van der Waals surface area contributed by atoms with Crippen molar-refractivity contribution in [3.05, 3.63) is 194 Å². The van der Waals surface area contributed by atoms with Crippen LogP contribution in [0.25, 0.3) is 101 Å². The summed E-state index contributed by atoms with van der Waals surface area (Å²) >= 11 is 0. The summed E-state index contributed by atoms with van der Waals surface area (Å²) in [5, 5.41) is 1.91. The average Bonchev–Trinajstić information content (AvgIpc) is 3.72. The van der Waals surface area contributed by atoms with Crippen molar-refractivity contribution in [1.29, 1.82) is 0 Å². The SMILES string of the molecule is c1ccc(-c2ccc(-c3nc(-c4ccc(-c5ccccc5)c(-c5ccccc5)c4)nc(-c4cccc5ccc6nc(-c7ccccc7)oc6c45)n3)cc2)cc1. The van der Waals surface area contributed by atoms with Gasteiger partial charge in [-0.1, -0.05) is 170 Å². The van der Waals surface area contributed by atoms with Crippen molar-refractivity contribution < 1.29 is 4.42 Å². The molecule has 5 nitrogen and oxygen atoms in total. The Kier molecular flexibility index (Phi) is 8.08. The number of oxazole rings is 1. The molecule has 2 aromatic heterocycles. The topological polar surface area (TPSA) is 64.7 Å². The van der Waals surface area contributed by atoms with Crippen LogP contribution < -0.4 is 0 Å². The minimum atomic E-state index is 0.552. The molecule has 0 saturated heterocycles. The van der Waals surface area contributed by atoms with Crippen LogP contribution >= 0.6 is 0 Å². The number of fused-ring (bicyclic) bond motifs is 3. The van der Waals surface area contributed by atoms with E-state index in [2.05, 4.69) is 133 Å². The third kappa shape index (κ3) is 6.14. The molecule has 2 heterocycles. The molecule has 258 valence electrons. The van der Waals surface area contributed by atoms with Crippen molar-refractivity contribution in [2.24, 2.45) is 0 Å². The Bertz CT molecular complexity index is 2940. The van der Waals surface area contributed by atoms with Gasteiger partial charge in [-0.25, -0.2) is 19.9 Å². The molecule has 10 aromatic rings. The lowest BCUT2D eigenvalue weighted by molar-refractivity contribution is 0.623. The summed E-state index contributed by atoms with van der Waals surface area (Å²) in [6.07, 6.45) is 0. The predicted molar refractivity (Wildman–Crippen MR) is 223 cm³/mol. The Hall–Kier alpha value is -7.50. The van der Waals surface area contributed by atoms with Crippen molar-refractivity contribution >= 4 is 21.9 Å². The van der Waals surface area contributed by atoms with Crippen LogP contribution in [-0.4, -0.2) is 19.9 Å². The Morgan fingerprint density at radius 2 is 0.836 bits per heavy atom. The maximum Gasteiger partial charge on any atom is 0.227 e. The van der Waals surface area contributed by atoms with Gasteiger partial charge in [-0.05, 0) is 63.0 Å². The van der Waals surface area contributed by atoms with E-state index in [9.17, 15) is 0 Å². The molecule has 0 bridgehead atoms. The van der Waals surface area contributed by atoms with Crippen molar-refractivity contribution in [3.8, 4) is 79.0 Å². The van der Waals surface area contributed by atoms with Crippen LogP contribution in [0.2, 0.25) is 0 Å². The van der Waals surface area contributed by atoms with Gasteiger partial charge in [0.25, 0.3) is 0 Å². The lowest BCUT2D eigenvalue weighted by Crippen LogP contribution is -2.01. The van der Waals surface area contributed by atoms with Crippen LogP contribution in [0, 0.1) is 0 Å². The lowest BCUT2D eigenvalue weighted by atomic mass is 9.92. The van der Waals surface area contributed by atoms with E-state index >= 15 is 0 Å². The van der Waals surface area contributed by atoms with Gasteiger partial charge >= 0.3 is 0 Å². The molecule has 0 atom stereocenters. The van der Waals surface area contributed by atoms with E-state index < -0.39 is 0 Å². The van der Waals surface area contributed by atoms with E-state index in [0.717, 1.165) is 71.9 Å². The number of nitrogens with zero attached hydrogens (tertiary/aromatic N) is 4. The maximum absolute atomic E-state index is 6.55. The number of aromatic nitrogens is 4. The first-order valence-electron chi connectivity index (χ1n) is 18.3. The van der Waals surface area contributed by atoms with Crippen LogP contribution in [0.1, 0.15) is 0 Å². The Morgan fingerprint density at radius 3 is 1.51 bits per heavy atom. The summed E-state index contributed by atoms with van der Waals surface area (Å²) in [6.45, 7) is 0. The standard InChI is InChI=1S/C50H32N4O/c1-5-14-33(15-6-1)34-24-26-38(27-25-34)47-52-48(40-28-30-41(35-16-7-2-8-17-35)43(32-40)36-18-9-3-10-19-36)54-49(53-47)42-23-13-22-37-29-31-44-46(45(37)42)55-50(51-44)39-20-11-4-12-21-39/h1-32H. The molecule has 0 saturated carbocycles. The monoisotopic (exact) mass is 704 g/mol. The van der Waals surface area contributed by atoms with Gasteiger partial charge in [-0.3, -0.25) is 0 Å². The molecule has 55 heavy (non-hydrogen) atoms. The van der Waals surface area contributed by atoms with E-state index in [-0.39, 0.29) is 0 Å². The zero-order valence-corrected chi connectivity index (χ0v) is 29.7. The van der Waals surface area contributed by atoms with Crippen LogP contribution in [-0.2, 0) is 0 Å². The third-order valence-corrected chi connectivity index (χ3v) is 9.99. The van der Waals surface area contributed by atoms with Crippen molar-refractivity contribution in [1.82, 2.24) is 19.9 Å². The molecule has 0 aliphatic heterocycles. The van der Waals surface area contributed by atoms with Gasteiger partial charge < -0.3 is 4.42 Å². The third-order valence-electron chi connectivity index (χ3n) is 9.99. The first kappa shape index (κ1) is 32.2. The van der Waals surface area contributed by atoms with Gasteiger partial charge in [0.1, 0.15) is 5.52 Å². The molecular weight excluding hydrogens is 673 g/mol. The summed E-state index contributed by atoms with van der Waals surface area (Å²) in [6, 6.07) is 66.5.